The molecule has 6 nitrogen and oxygen atoms in total. The molecule has 1 atom stereocenters. The topological polar surface area (TPSA) is 66.9 Å². The van der Waals surface area contributed by atoms with Crippen LogP contribution in [0.4, 0.5) is 0 Å². The molecule has 1 heterocycles. The zero-order valence-corrected chi connectivity index (χ0v) is 18.7. The van der Waals surface area contributed by atoms with E-state index in [-0.39, 0.29) is 16.8 Å². The molecular formula is C23H30N2O4S. The molecule has 0 radical (unpaired) electrons. The number of hydrogen-bond acceptors (Lipinski definition) is 4. The van der Waals surface area contributed by atoms with Crippen LogP contribution in [0.25, 0.3) is 0 Å². The molecule has 0 spiro atoms. The van der Waals surface area contributed by atoms with Crippen LogP contribution in [-0.2, 0) is 21.3 Å². The first-order chi connectivity index (χ1) is 14.3. The van der Waals surface area contributed by atoms with Gasteiger partial charge in [-0.1, -0.05) is 43.3 Å². The first-order valence-corrected chi connectivity index (χ1v) is 11.8. The first kappa shape index (κ1) is 22.5. The van der Waals surface area contributed by atoms with Crippen molar-refractivity contribution >= 4 is 15.9 Å². The third-order valence-electron chi connectivity index (χ3n) is 5.63. The van der Waals surface area contributed by atoms with Crippen LogP contribution in [-0.4, -0.2) is 55.9 Å². The molecule has 1 amide bonds. The molecule has 162 valence electrons. The molecule has 0 aliphatic carbocycles. The second kappa shape index (κ2) is 9.73. The van der Waals surface area contributed by atoms with Gasteiger partial charge in [0.05, 0.1) is 18.1 Å². The van der Waals surface area contributed by atoms with Gasteiger partial charge < -0.3 is 9.64 Å². The van der Waals surface area contributed by atoms with E-state index in [0.29, 0.717) is 38.4 Å². The number of sulfonamides is 1. The molecule has 7 heteroatoms. The van der Waals surface area contributed by atoms with Gasteiger partial charge >= 0.3 is 0 Å². The highest BCUT2D eigenvalue weighted by Crippen LogP contribution is 2.23. The summed E-state index contributed by atoms with van der Waals surface area (Å²) in [4.78, 5) is 15.5. The molecule has 2 aromatic rings. The van der Waals surface area contributed by atoms with E-state index in [4.69, 9.17) is 4.74 Å². The molecule has 30 heavy (non-hydrogen) atoms. The van der Waals surface area contributed by atoms with E-state index in [1.54, 1.807) is 12.1 Å². The maximum atomic E-state index is 13.5. The Kier molecular flexibility index (Phi) is 7.28. The van der Waals surface area contributed by atoms with Gasteiger partial charge in [-0.3, -0.25) is 4.79 Å². The minimum absolute atomic E-state index is 0.0246. The predicted molar refractivity (Wildman–Crippen MR) is 117 cm³/mol. The molecular weight excluding hydrogens is 400 g/mol. The summed E-state index contributed by atoms with van der Waals surface area (Å²) in [5, 5.41) is 0. The van der Waals surface area contributed by atoms with E-state index in [9.17, 15) is 13.2 Å². The smallest absolute Gasteiger partial charge is 0.254 e. The number of ether oxygens (including phenoxy) is 1. The SMILES string of the molecule is CCC(C)N(Cc1ccccc1)C(=O)c1cc(S(=O)(=O)N2CCOCC2)ccc1C. The normalized spacial score (nSPS) is 16.2. The van der Waals surface area contributed by atoms with Crippen molar-refractivity contribution in [3.63, 3.8) is 0 Å². The Hall–Kier alpha value is -2.22. The number of amides is 1. The summed E-state index contributed by atoms with van der Waals surface area (Å²) in [6.45, 7) is 7.81. The Morgan fingerprint density at radius 1 is 1.13 bits per heavy atom. The van der Waals surface area contributed by atoms with Crippen LogP contribution in [0.5, 0.6) is 0 Å². The van der Waals surface area contributed by atoms with Crippen molar-refractivity contribution in [1.29, 1.82) is 0 Å². The van der Waals surface area contributed by atoms with Crippen molar-refractivity contribution in [2.75, 3.05) is 26.3 Å². The molecule has 1 saturated heterocycles. The Morgan fingerprint density at radius 2 is 1.80 bits per heavy atom. The number of benzene rings is 2. The highest BCUT2D eigenvalue weighted by atomic mass is 32.2. The van der Waals surface area contributed by atoms with Crippen molar-refractivity contribution in [1.82, 2.24) is 9.21 Å². The number of aryl methyl sites for hydroxylation is 1. The minimum atomic E-state index is -3.66. The molecule has 3 rings (SSSR count). The van der Waals surface area contributed by atoms with Crippen molar-refractivity contribution < 1.29 is 17.9 Å². The van der Waals surface area contributed by atoms with Crippen LogP contribution in [0.2, 0.25) is 0 Å². The Balaban J connectivity index is 1.94. The summed E-state index contributed by atoms with van der Waals surface area (Å²) in [7, 11) is -3.66. The largest absolute Gasteiger partial charge is 0.379 e. The molecule has 1 aliphatic rings. The Morgan fingerprint density at radius 3 is 2.43 bits per heavy atom. The van der Waals surface area contributed by atoms with E-state index in [0.717, 1.165) is 17.5 Å². The fraction of sp³-hybridized carbons (Fsp3) is 0.435. The third-order valence-corrected chi connectivity index (χ3v) is 7.52. The summed E-state index contributed by atoms with van der Waals surface area (Å²) in [5.41, 5.74) is 2.24. The van der Waals surface area contributed by atoms with Crippen molar-refractivity contribution in [3.05, 3.63) is 65.2 Å². The summed E-state index contributed by atoms with van der Waals surface area (Å²) in [6.07, 6.45) is 0.809. The zero-order valence-electron chi connectivity index (χ0n) is 17.9. The molecule has 0 saturated carbocycles. The molecule has 0 N–H and O–H groups in total. The number of carbonyl (C=O) groups excluding carboxylic acids is 1. The standard InChI is InChI=1S/C23H30N2O4S/c1-4-19(3)25(17-20-8-6-5-7-9-20)23(26)22-16-21(11-10-18(22)2)30(27,28)24-12-14-29-15-13-24/h5-11,16,19H,4,12-15,17H2,1-3H3. The minimum Gasteiger partial charge on any atom is -0.379 e. The van der Waals surface area contributed by atoms with Gasteiger partial charge in [0.2, 0.25) is 10.0 Å². The van der Waals surface area contributed by atoms with E-state index in [1.165, 1.54) is 10.4 Å². The van der Waals surface area contributed by atoms with Gasteiger partial charge in [-0.05, 0) is 43.5 Å². The van der Waals surface area contributed by atoms with E-state index < -0.39 is 10.0 Å². The van der Waals surface area contributed by atoms with Gasteiger partial charge in [0, 0.05) is 31.2 Å². The maximum Gasteiger partial charge on any atom is 0.254 e. The monoisotopic (exact) mass is 430 g/mol. The molecule has 2 aromatic carbocycles. The molecule has 1 unspecified atom stereocenters. The van der Waals surface area contributed by atoms with Crippen molar-refractivity contribution in [2.45, 2.75) is 44.7 Å². The van der Waals surface area contributed by atoms with E-state index >= 15 is 0 Å². The first-order valence-electron chi connectivity index (χ1n) is 10.4. The van der Waals surface area contributed by atoms with Gasteiger partial charge in [-0.25, -0.2) is 8.42 Å². The number of carbonyl (C=O) groups is 1. The lowest BCUT2D eigenvalue weighted by Gasteiger charge is -2.30. The van der Waals surface area contributed by atoms with E-state index in [2.05, 4.69) is 0 Å². The van der Waals surface area contributed by atoms with Crippen molar-refractivity contribution in [2.24, 2.45) is 0 Å². The number of morpholine rings is 1. The van der Waals surface area contributed by atoms with Crippen LogP contribution in [0.3, 0.4) is 0 Å². The molecule has 1 aliphatic heterocycles. The summed E-state index contributed by atoms with van der Waals surface area (Å²) >= 11 is 0. The van der Waals surface area contributed by atoms with Gasteiger partial charge in [-0.2, -0.15) is 4.31 Å². The molecule has 0 aromatic heterocycles. The second-order valence-electron chi connectivity index (χ2n) is 7.67. The van der Waals surface area contributed by atoms with Gasteiger partial charge in [-0.15, -0.1) is 0 Å². The lowest BCUT2D eigenvalue weighted by Crippen LogP contribution is -2.41. The summed E-state index contributed by atoms with van der Waals surface area (Å²) < 4.78 is 32.8. The van der Waals surface area contributed by atoms with Crippen LogP contribution in [0, 0.1) is 6.92 Å². The van der Waals surface area contributed by atoms with Crippen molar-refractivity contribution in [3.8, 4) is 0 Å². The highest BCUT2D eigenvalue weighted by Gasteiger charge is 2.29. The lowest BCUT2D eigenvalue weighted by atomic mass is 10.0. The van der Waals surface area contributed by atoms with Gasteiger partial charge in [0.1, 0.15) is 0 Å². The average Bonchev–Trinajstić information content (AvgIpc) is 2.78. The quantitative estimate of drug-likeness (QED) is 0.675. The predicted octanol–water partition coefficient (Wildman–Crippen LogP) is 3.46. The van der Waals surface area contributed by atoms with Crippen LogP contribution < -0.4 is 0 Å². The second-order valence-corrected chi connectivity index (χ2v) is 9.61. The molecule has 0 bridgehead atoms. The Bertz CT molecular complexity index is 970. The van der Waals surface area contributed by atoms with Crippen LogP contribution in [0.1, 0.15) is 41.8 Å². The van der Waals surface area contributed by atoms with E-state index in [1.807, 2.05) is 56.0 Å². The highest BCUT2D eigenvalue weighted by molar-refractivity contribution is 7.89. The van der Waals surface area contributed by atoms with Gasteiger partial charge in [0.25, 0.3) is 5.91 Å². The summed E-state index contributed by atoms with van der Waals surface area (Å²) in [5.74, 6) is -0.148. The fourth-order valence-electron chi connectivity index (χ4n) is 3.51. The maximum absolute atomic E-state index is 13.5. The lowest BCUT2D eigenvalue weighted by molar-refractivity contribution is 0.0670. The number of hydrogen-bond donors (Lipinski definition) is 0. The zero-order chi connectivity index (χ0) is 21.7. The fourth-order valence-corrected chi connectivity index (χ4v) is 4.95. The third kappa shape index (κ3) is 4.91. The number of nitrogens with zero attached hydrogens (tertiary/aromatic N) is 2. The Labute approximate surface area is 179 Å². The molecule has 1 fully saturated rings. The van der Waals surface area contributed by atoms with Gasteiger partial charge in [0.15, 0.2) is 0 Å². The van der Waals surface area contributed by atoms with Crippen LogP contribution >= 0.6 is 0 Å². The average molecular weight is 431 g/mol. The number of rotatable bonds is 7. The summed E-state index contributed by atoms with van der Waals surface area (Å²) in [6, 6.07) is 14.7. The van der Waals surface area contributed by atoms with Crippen LogP contribution in [0.15, 0.2) is 53.4 Å².